The molecule has 0 aliphatic rings. The number of carbonyl (C=O) groups is 2. The maximum atomic E-state index is 14.9. The van der Waals surface area contributed by atoms with E-state index < -0.39 is 0 Å². The minimum Gasteiger partial charge on any atom is -0.508 e. The van der Waals surface area contributed by atoms with Crippen molar-refractivity contribution in [1.29, 1.82) is 0 Å². The third kappa shape index (κ3) is 17.6. The van der Waals surface area contributed by atoms with Crippen LogP contribution in [0.3, 0.4) is 0 Å². The third-order valence-corrected chi connectivity index (χ3v) is 13.5. The molecule has 0 radical (unpaired) electrons. The first kappa shape index (κ1) is 61.2. The van der Waals surface area contributed by atoms with Gasteiger partial charge in [0.2, 0.25) is 0 Å². The molecule has 0 aliphatic carbocycles. The van der Waals surface area contributed by atoms with Crippen molar-refractivity contribution in [2.45, 2.75) is 143 Å². The van der Waals surface area contributed by atoms with Crippen LogP contribution in [0.25, 0.3) is 22.3 Å². The number of hydrogen-bond donors (Lipinski definition) is 1. The molecule has 0 heterocycles. The van der Waals surface area contributed by atoms with Gasteiger partial charge in [0, 0.05) is 17.0 Å². The lowest BCUT2D eigenvalue weighted by atomic mass is 9.81. The molecule has 6 rings (SSSR count). The number of phenols is 1. The highest BCUT2D eigenvalue weighted by Gasteiger charge is 2.24. The van der Waals surface area contributed by atoms with Crippen molar-refractivity contribution in [2.24, 2.45) is 0 Å². The summed E-state index contributed by atoms with van der Waals surface area (Å²) in [6, 6.07) is 33.3. The minimum atomic E-state index is -0.288. The molecule has 0 unspecified atom stereocenters. The van der Waals surface area contributed by atoms with E-state index in [1.165, 1.54) is 26.4 Å². The summed E-state index contributed by atoms with van der Waals surface area (Å²) in [5, 5.41) is 9.49. The third-order valence-electron chi connectivity index (χ3n) is 13.2. The first-order chi connectivity index (χ1) is 35.5. The second kappa shape index (κ2) is 28.5. The molecule has 404 valence electrons. The zero-order valence-electron chi connectivity index (χ0n) is 46.6. The monoisotopic (exact) mass is 1050 g/mol. The molecule has 6 aromatic carbocycles. The summed E-state index contributed by atoms with van der Waals surface area (Å²) in [6.45, 7) is 21.1. The Morgan fingerprint density at radius 3 is 1.40 bits per heavy atom. The fraction of sp³-hybridized carbons (Fsp3) is 0.406. The summed E-state index contributed by atoms with van der Waals surface area (Å²) >= 11 is 5.93. The quantitative estimate of drug-likeness (QED) is 0.0671. The molecule has 2 atom stereocenters. The van der Waals surface area contributed by atoms with E-state index in [-0.39, 0.29) is 46.2 Å². The molecule has 75 heavy (non-hydrogen) atoms. The molecule has 0 aliphatic heterocycles. The number of methoxy groups -OCH3 is 4. The molecule has 1 N–H and O–H groups in total. The van der Waals surface area contributed by atoms with Gasteiger partial charge in [-0.3, -0.25) is 9.59 Å². The molecule has 11 heteroatoms. The Labute approximate surface area is 450 Å². The zero-order chi connectivity index (χ0) is 55.6. The van der Waals surface area contributed by atoms with Crippen molar-refractivity contribution in [1.82, 2.24) is 0 Å². The number of rotatable bonds is 18. The average Bonchev–Trinajstić information content (AvgIpc) is 3.38. The highest BCUT2D eigenvalue weighted by atomic mass is 35.5. The molecular weight excluding hydrogens is 970 g/mol. The van der Waals surface area contributed by atoms with Crippen LogP contribution in [0.5, 0.6) is 23.0 Å². The number of esters is 2. The van der Waals surface area contributed by atoms with E-state index in [0.29, 0.717) is 53.7 Å². The number of aromatic hydroxyl groups is 1. The van der Waals surface area contributed by atoms with Gasteiger partial charge in [0.15, 0.2) is 0 Å². The number of aryl methyl sites for hydroxylation is 2. The Bertz CT molecular complexity index is 2830. The Morgan fingerprint density at radius 1 is 0.560 bits per heavy atom. The Balaban J connectivity index is 0.000000269. The number of hydrogen-bond acceptors (Lipinski definition) is 8. The van der Waals surface area contributed by atoms with Crippen LogP contribution in [-0.4, -0.2) is 45.5 Å². The number of carbonyl (C=O) groups excluding carboxylic acids is 2. The number of ether oxygens (including phenoxy) is 5. The summed E-state index contributed by atoms with van der Waals surface area (Å²) in [7, 11) is 6.00. The molecular formula is C64H79ClF2O8. The lowest BCUT2D eigenvalue weighted by Crippen LogP contribution is -2.13. The van der Waals surface area contributed by atoms with Crippen LogP contribution < -0.4 is 14.2 Å². The van der Waals surface area contributed by atoms with Crippen LogP contribution in [0.2, 0.25) is 0 Å². The van der Waals surface area contributed by atoms with E-state index >= 15 is 0 Å². The van der Waals surface area contributed by atoms with Gasteiger partial charge >= 0.3 is 11.9 Å². The average molecular weight is 1050 g/mol. The number of alkyl halides is 1. The summed E-state index contributed by atoms with van der Waals surface area (Å²) in [5.74, 6) is 2.10. The predicted octanol–water partition coefficient (Wildman–Crippen LogP) is 16.8. The summed E-state index contributed by atoms with van der Waals surface area (Å²) in [4.78, 5) is 23.2. The van der Waals surface area contributed by atoms with Crippen LogP contribution in [0.4, 0.5) is 8.78 Å². The van der Waals surface area contributed by atoms with Crippen LogP contribution >= 0.6 is 11.6 Å². The van der Waals surface area contributed by atoms with Crippen molar-refractivity contribution < 1.29 is 47.2 Å². The molecule has 0 bridgehead atoms. The number of halogens is 3. The molecule has 0 aromatic heterocycles. The number of phenolic OH excluding ortho intramolecular Hbond substituents is 1. The van der Waals surface area contributed by atoms with E-state index in [4.69, 9.17) is 35.3 Å². The van der Waals surface area contributed by atoms with E-state index in [9.17, 15) is 23.5 Å². The predicted molar refractivity (Wildman–Crippen MR) is 301 cm³/mol. The molecule has 6 aromatic rings. The van der Waals surface area contributed by atoms with E-state index in [0.717, 1.165) is 87.1 Å². The van der Waals surface area contributed by atoms with Crippen LogP contribution in [0.1, 0.15) is 150 Å². The van der Waals surface area contributed by atoms with Gasteiger partial charge in [-0.1, -0.05) is 117 Å². The van der Waals surface area contributed by atoms with Crippen LogP contribution in [0.15, 0.2) is 109 Å². The molecule has 8 nitrogen and oxygen atoms in total. The molecule has 0 spiro atoms. The van der Waals surface area contributed by atoms with Crippen LogP contribution in [0, 0.1) is 25.5 Å². The Morgan fingerprint density at radius 2 is 1.00 bits per heavy atom. The number of benzene rings is 6. The van der Waals surface area contributed by atoms with Gasteiger partial charge in [0.05, 0.1) is 41.3 Å². The summed E-state index contributed by atoms with van der Waals surface area (Å²) in [5.41, 5.74) is 10.6. The molecule has 0 saturated carbocycles. The van der Waals surface area contributed by atoms with Gasteiger partial charge in [-0.2, -0.15) is 0 Å². The standard InChI is InChI=1S/C32H39FO4.C18H20ClFO.C14H20O3/c1-8-9-23(18-31(34)36-7)24-11-15-30(21(2)16-24)37-20-22-10-13-28(32(3,4)5)26(17-22)27-19-25(35-6)12-14-29(27)33;1-18(2,3)16-7-5-12(11-19)9-14(16)15-10-13(21-4)6-8-17(15)20;1-4-5-11(9-14(16)17-3)12-6-7-13(15)10(2)8-12/h10-17,19,23H,8-9,18,20H2,1-7H3;5-10H,11H2,1-4H3;6-8,11,15H,4-5,9H2,1-3H3/t23-;;11-/m1.1/s1. The molecule has 0 amide bonds. The van der Waals surface area contributed by atoms with Crippen molar-refractivity contribution in [3.63, 3.8) is 0 Å². The largest absolute Gasteiger partial charge is 0.508 e. The van der Waals surface area contributed by atoms with Crippen molar-refractivity contribution in [3.8, 4) is 45.3 Å². The zero-order valence-corrected chi connectivity index (χ0v) is 47.4. The normalized spacial score (nSPS) is 12.0. The second-order valence-corrected chi connectivity index (χ2v) is 21.2. The van der Waals surface area contributed by atoms with Crippen LogP contribution in [-0.2, 0) is 42.4 Å². The van der Waals surface area contributed by atoms with E-state index in [1.807, 2.05) is 68.4 Å². The van der Waals surface area contributed by atoms with E-state index in [1.54, 1.807) is 44.6 Å². The van der Waals surface area contributed by atoms with Gasteiger partial charge in [0.25, 0.3) is 0 Å². The SMILES string of the molecule is CCC[C@H](CC(=O)OC)c1ccc(O)c(C)c1.CCC[C@H](CC(=O)OC)c1ccc(OCc2ccc(C(C)(C)C)c(-c3cc(OC)ccc3F)c2)c(C)c1.COc1ccc(F)c(-c2cc(CCl)ccc2C(C)(C)C)c1. The second-order valence-electron chi connectivity index (χ2n) is 21.0. The van der Waals surface area contributed by atoms with E-state index in [2.05, 4.69) is 67.5 Å². The fourth-order valence-electron chi connectivity index (χ4n) is 9.01. The fourth-order valence-corrected chi connectivity index (χ4v) is 9.17. The highest BCUT2D eigenvalue weighted by molar-refractivity contribution is 6.17. The lowest BCUT2D eigenvalue weighted by molar-refractivity contribution is -0.142. The van der Waals surface area contributed by atoms with Gasteiger partial charge in [-0.25, -0.2) is 8.78 Å². The molecule has 0 saturated heterocycles. The smallest absolute Gasteiger partial charge is 0.306 e. The Kier molecular flexibility index (Phi) is 23.2. The van der Waals surface area contributed by atoms with Crippen molar-refractivity contribution in [3.05, 3.63) is 165 Å². The van der Waals surface area contributed by atoms with Crippen molar-refractivity contribution >= 4 is 23.5 Å². The minimum absolute atomic E-state index is 0.0876. The lowest BCUT2D eigenvalue weighted by Gasteiger charge is -2.24. The van der Waals surface area contributed by atoms with Gasteiger partial charge < -0.3 is 28.8 Å². The first-order valence-electron chi connectivity index (χ1n) is 25.7. The topological polar surface area (TPSA) is 101 Å². The van der Waals surface area contributed by atoms with Gasteiger partial charge in [0.1, 0.15) is 41.2 Å². The first-order valence-corrected chi connectivity index (χ1v) is 26.2. The van der Waals surface area contributed by atoms with Crippen molar-refractivity contribution in [2.75, 3.05) is 28.4 Å². The Hall–Kier alpha value is -6.39. The summed E-state index contributed by atoms with van der Waals surface area (Å²) < 4.78 is 55.6. The highest BCUT2D eigenvalue weighted by Crippen LogP contribution is 2.39. The maximum absolute atomic E-state index is 14.9. The summed E-state index contributed by atoms with van der Waals surface area (Å²) in [6.07, 6.45) is 4.63. The van der Waals surface area contributed by atoms with Gasteiger partial charge in [-0.15, -0.1) is 11.6 Å². The molecule has 0 fully saturated rings. The maximum Gasteiger partial charge on any atom is 0.306 e. The van der Waals surface area contributed by atoms with Gasteiger partial charge in [-0.05, 0) is 166 Å².